The molecule has 0 saturated carbocycles. The molecule has 0 unspecified atom stereocenters. The highest BCUT2D eigenvalue weighted by atomic mass is 14.8. The van der Waals surface area contributed by atoms with E-state index in [-0.39, 0.29) is 6.30 Å². The zero-order valence-corrected chi connectivity index (χ0v) is 4.05. The summed E-state index contributed by atoms with van der Waals surface area (Å²) in [5.41, 5.74) is 0.987. The Morgan fingerprint density at radius 3 is 2.57 bits per heavy atom. The molecule has 0 atom stereocenters. The van der Waals surface area contributed by atoms with Gasteiger partial charge in [0, 0.05) is 12.4 Å². The molecule has 0 N–H and O–H groups in total. The van der Waals surface area contributed by atoms with E-state index < -0.39 is 0 Å². The van der Waals surface area contributed by atoms with Gasteiger partial charge in [-0.2, -0.15) is 0 Å². The molecule has 0 aliphatic heterocycles. The van der Waals surface area contributed by atoms with E-state index >= 15 is 0 Å². The van der Waals surface area contributed by atoms with Gasteiger partial charge in [-0.15, -0.1) is 0 Å². The number of hydrogen-bond acceptors (Lipinski definition) is 2. The highest BCUT2D eigenvalue weighted by molar-refractivity contribution is 4.96. The molecule has 1 heterocycles. The fourth-order valence-corrected chi connectivity index (χ4v) is 0.328. The van der Waals surface area contributed by atoms with E-state index in [1.165, 1.54) is 0 Å². The van der Waals surface area contributed by atoms with Gasteiger partial charge in [0.15, 0.2) is 0 Å². The van der Waals surface area contributed by atoms with Crippen LogP contribution in [0.25, 0.3) is 0 Å². The lowest BCUT2D eigenvalue weighted by atomic mass is 10.4. The van der Waals surface area contributed by atoms with Gasteiger partial charge < -0.3 is 0 Å². The summed E-state index contributed by atoms with van der Waals surface area (Å²) >= 11 is 0. The third-order valence-electron chi connectivity index (χ3n) is 0.652. The maximum atomic E-state index is 6.87. The van der Waals surface area contributed by atoms with Gasteiger partial charge in [-0.25, -0.2) is 9.97 Å². The van der Waals surface area contributed by atoms with Gasteiger partial charge in [-0.05, 0) is 12.5 Å². The predicted octanol–water partition coefficient (Wildman–Crippen LogP) is 0.785. The van der Waals surface area contributed by atoms with Gasteiger partial charge in [0.2, 0.25) is 0 Å². The summed E-state index contributed by atoms with van der Waals surface area (Å²) in [7, 11) is 0. The summed E-state index contributed by atoms with van der Waals surface area (Å²) in [6, 6.07) is 0. The van der Waals surface area contributed by atoms with Crippen LogP contribution in [0.4, 0.5) is 0 Å². The van der Waals surface area contributed by atoms with Gasteiger partial charge in [0.25, 0.3) is 0 Å². The lowest BCUT2D eigenvalue weighted by molar-refractivity contribution is 1.13. The van der Waals surface area contributed by atoms with E-state index in [0.717, 1.165) is 5.56 Å². The third kappa shape index (κ3) is 0.961. The van der Waals surface area contributed by atoms with E-state index in [2.05, 4.69) is 9.97 Å². The average Bonchev–Trinajstić information content (AvgIpc) is 1.77. The first-order valence-electron chi connectivity index (χ1n) is 2.54. The minimum Gasteiger partial charge on any atom is -0.245 e. The van der Waals surface area contributed by atoms with E-state index in [1.807, 2.05) is 6.92 Å². The van der Waals surface area contributed by atoms with Crippen molar-refractivity contribution < 1.29 is 1.37 Å². The molecule has 0 aliphatic rings. The molecule has 2 nitrogen and oxygen atoms in total. The number of aromatic nitrogens is 2. The van der Waals surface area contributed by atoms with E-state index in [0.29, 0.717) is 0 Å². The Bertz CT molecular complexity index is 149. The van der Waals surface area contributed by atoms with E-state index in [9.17, 15) is 0 Å². The first-order valence-corrected chi connectivity index (χ1v) is 2.04. The number of hydrogen-bond donors (Lipinski definition) is 0. The van der Waals surface area contributed by atoms with Crippen molar-refractivity contribution in [3.05, 3.63) is 24.3 Å². The topological polar surface area (TPSA) is 25.8 Å². The zero-order chi connectivity index (χ0) is 5.98. The van der Waals surface area contributed by atoms with Gasteiger partial charge >= 0.3 is 0 Å². The molecule has 1 rings (SSSR count). The fourth-order valence-electron chi connectivity index (χ4n) is 0.328. The van der Waals surface area contributed by atoms with Crippen LogP contribution in [-0.2, 0) is 0 Å². The third-order valence-corrected chi connectivity index (χ3v) is 0.652. The summed E-state index contributed by atoms with van der Waals surface area (Å²) in [6.45, 7) is 1.89. The Kier molecular flexibility index (Phi) is 0.754. The molecule has 36 valence electrons. The van der Waals surface area contributed by atoms with Crippen LogP contribution in [0.1, 0.15) is 6.93 Å². The molecule has 0 radical (unpaired) electrons. The molecule has 1 aromatic rings. The van der Waals surface area contributed by atoms with Crippen molar-refractivity contribution in [1.29, 1.82) is 0 Å². The predicted molar refractivity (Wildman–Crippen MR) is 26.8 cm³/mol. The lowest BCUT2D eigenvalue weighted by Gasteiger charge is -1.81. The lowest BCUT2D eigenvalue weighted by Crippen LogP contribution is -1.75. The number of rotatable bonds is 0. The van der Waals surface area contributed by atoms with Crippen LogP contribution in [0.15, 0.2) is 18.7 Å². The molecular weight excluding hydrogens is 88.1 g/mol. The maximum Gasteiger partial charge on any atom is 0.115 e. The minimum absolute atomic E-state index is 0.0793. The van der Waals surface area contributed by atoms with Gasteiger partial charge in [0.05, 0.1) is 0 Å². The smallest absolute Gasteiger partial charge is 0.115 e. The molecule has 0 amide bonds. The van der Waals surface area contributed by atoms with Gasteiger partial charge in [-0.1, -0.05) is 0 Å². The SMILES string of the molecule is [3H]c1ncc(C)cn1. The second-order valence-electron chi connectivity index (χ2n) is 1.36. The second-order valence-corrected chi connectivity index (χ2v) is 1.36. The Hall–Kier alpha value is -0.920. The Morgan fingerprint density at radius 2 is 2.14 bits per heavy atom. The fraction of sp³-hybridized carbons (Fsp3) is 0.200. The van der Waals surface area contributed by atoms with Crippen molar-refractivity contribution in [3.8, 4) is 0 Å². The van der Waals surface area contributed by atoms with Crippen molar-refractivity contribution in [2.24, 2.45) is 0 Å². The van der Waals surface area contributed by atoms with Crippen molar-refractivity contribution >= 4 is 0 Å². The molecular formula is C5H6N2. The molecule has 0 aliphatic carbocycles. The van der Waals surface area contributed by atoms with Crippen molar-refractivity contribution in [2.45, 2.75) is 6.92 Å². The summed E-state index contributed by atoms with van der Waals surface area (Å²) in [5.74, 6) is 0. The molecule has 0 saturated heterocycles. The maximum absolute atomic E-state index is 6.87. The summed E-state index contributed by atoms with van der Waals surface area (Å²) in [5, 5.41) is 0. The second kappa shape index (κ2) is 1.69. The molecule has 0 spiro atoms. The van der Waals surface area contributed by atoms with Crippen LogP contribution in [0.5, 0.6) is 0 Å². The summed E-state index contributed by atoms with van der Waals surface area (Å²) in [6.07, 6.45) is 3.32. The molecule has 0 bridgehead atoms. The molecule has 2 heteroatoms. The highest BCUT2D eigenvalue weighted by Gasteiger charge is 1.74. The number of nitrogens with zero attached hydrogens (tertiary/aromatic N) is 2. The molecule has 0 aromatic carbocycles. The monoisotopic (exact) mass is 96.1 g/mol. The quantitative estimate of drug-likeness (QED) is 0.477. The van der Waals surface area contributed by atoms with Crippen molar-refractivity contribution in [3.63, 3.8) is 0 Å². The molecule has 7 heavy (non-hydrogen) atoms. The average molecular weight is 96.1 g/mol. The normalized spacial score (nSPS) is 10.7. The van der Waals surface area contributed by atoms with Crippen LogP contribution < -0.4 is 0 Å². The Balaban J connectivity index is 3.03. The first-order chi connectivity index (χ1) is 3.79. The van der Waals surface area contributed by atoms with Crippen LogP contribution >= 0.6 is 0 Å². The van der Waals surface area contributed by atoms with Crippen LogP contribution in [0.3, 0.4) is 0 Å². The molecule has 0 fully saturated rings. The van der Waals surface area contributed by atoms with E-state index in [1.54, 1.807) is 12.4 Å². The highest BCUT2D eigenvalue weighted by Crippen LogP contribution is 1.84. The van der Waals surface area contributed by atoms with Crippen LogP contribution in [0, 0.1) is 6.92 Å². The zero-order valence-electron chi connectivity index (χ0n) is 5.05. The summed E-state index contributed by atoms with van der Waals surface area (Å²) in [4.78, 5) is 7.27. The van der Waals surface area contributed by atoms with Crippen LogP contribution in [-0.4, -0.2) is 9.97 Å². The largest absolute Gasteiger partial charge is 0.245 e. The Labute approximate surface area is 43.6 Å². The standard InChI is InChI=1S/C5H6N2/c1-5-2-6-4-7-3-5/h2-4H,1H3/i4T. The number of aryl methyl sites for hydroxylation is 1. The Morgan fingerprint density at radius 1 is 1.57 bits per heavy atom. The molecule has 1 aromatic heterocycles. The van der Waals surface area contributed by atoms with Gasteiger partial charge in [0.1, 0.15) is 7.67 Å². The van der Waals surface area contributed by atoms with E-state index in [4.69, 9.17) is 1.37 Å². The van der Waals surface area contributed by atoms with Crippen molar-refractivity contribution in [1.82, 2.24) is 9.97 Å². The minimum atomic E-state index is 0.0793. The van der Waals surface area contributed by atoms with Gasteiger partial charge in [-0.3, -0.25) is 0 Å². The van der Waals surface area contributed by atoms with Crippen molar-refractivity contribution in [2.75, 3.05) is 0 Å². The van der Waals surface area contributed by atoms with Crippen LogP contribution in [0.2, 0.25) is 0 Å². The first kappa shape index (κ1) is 3.13. The summed E-state index contributed by atoms with van der Waals surface area (Å²) < 4.78 is 6.87.